The van der Waals surface area contributed by atoms with E-state index in [4.69, 9.17) is 0 Å². The summed E-state index contributed by atoms with van der Waals surface area (Å²) < 4.78 is 0. The highest BCUT2D eigenvalue weighted by Gasteiger charge is 2.07. The van der Waals surface area contributed by atoms with Crippen LogP contribution < -0.4 is 0 Å². The van der Waals surface area contributed by atoms with E-state index in [9.17, 15) is 4.79 Å². The quantitative estimate of drug-likeness (QED) is 0.320. The average Bonchev–Trinajstić information content (AvgIpc) is 2.69. The monoisotopic (exact) mass is 366 g/mol. The molecule has 2 heteroatoms. The lowest BCUT2D eigenvalue weighted by Crippen LogP contribution is -2.03. The Morgan fingerprint density at radius 1 is 1.04 bits per heavy atom. The number of unbranched alkanes of at least 4 members (excludes halogenated alkanes) is 1. The second-order valence-electron chi connectivity index (χ2n) is 6.70. The molecule has 0 amide bonds. The highest BCUT2D eigenvalue weighted by molar-refractivity contribution is 7.99. The van der Waals surface area contributed by atoms with Crippen molar-refractivity contribution >= 4 is 23.6 Å². The minimum Gasteiger partial charge on any atom is -0.289 e. The Balaban J connectivity index is 1.88. The number of thioether (sulfide) groups is 1. The van der Waals surface area contributed by atoms with Crippen LogP contribution in [-0.4, -0.2) is 17.3 Å². The summed E-state index contributed by atoms with van der Waals surface area (Å²) in [5.74, 6) is 0.0700. The van der Waals surface area contributed by atoms with Gasteiger partial charge in [0.15, 0.2) is 5.78 Å². The SMILES string of the molecule is CCCCC(CCCc1cccc(C(=O)C=Cc2ccccc2)c1)SC. The van der Waals surface area contributed by atoms with Crippen molar-refractivity contribution in [1.29, 1.82) is 0 Å². The molecule has 0 bridgehead atoms. The molecule has 1 atom stereocenters. The molecule has 0 N–H and O–H groups in total. The summed E-state index contributed by atoms with van der Waals surface area (Å²) >= 11 is 1.99. The smallest absolute Gasteiger partial charge is 0.185 e. The molecule has 0 radical (unpaired) electrons. The van der Waals surface area contributed by atoms with E-state index >= 15 is 0 Å². The van der Waals surface area contributed by atoms with Gasteiger partial charge in [-0.25, -0.2) is 0 Å². The zero-order valence-corrected chi connectivity index (χ0v) is 16.8. The molecule has 0 aromatic heterocycles. The maximum atomic E-state index is 12.4. The van der Waals surface area contributed by atoms with Crippen LogP contribution >= 0.6 is 11.8 Å². The predicted octanol–water partition coefficient (Wildman–Crippen LogP) is 6.83. The second-order valence-corrected chi connectivity index (χ2v) is 7.84. The van der Waals surface area contributed by atoms with Gasteiger partial charge < -0.3 is 0 Å². The number of aryl methyl sites for hydroxylation is 1. The van der Waals surface area contributed by atoms with Gasteiger partial charge in [0.05, 0.1) is 0 Å². The van der Waals surface area contributed by atoms with E-state index in [-0.39, 0.29) is 5.78 Å². The third-order valence-corrected chi connectivity index (χ3v) is 5.78. The van der Waals surface area contributed by atoms with Gasteiger partial charge in [-0.3, -0.25) is 4.79 Å². The van der Waals surface area contributed by atoms with Crippen molar-refractivity contribution in [3.8, 4) is 0 Å². The summed E-state index contributed by atoms with van der Waals surface area (Å²) in [5.41, 5.74) is 3.09. The van der Waals surface area contributed by atoms with Gasteiger partial charge >= 0.3 is 0 Å². The molecule has 2 aromatic rings. The van der Waals surface area contributed by atoms with Gasteiger partial charge in [0.25, 0.3) is 0 Å². The first-order valence-electron chi connectivity index (χ1n) is 9.62. The van der Waals surface area contributed by atoms with Crippen molar-refractivity contribution in [2.45, 2.75) is 50.7 Å². The van der Waals surface area contributed by atoms with Crippen LogP contribution in [-0.2, 0) is 6.42 Å². The molecule has 0 heterocycles. The van der Waals surface area contributed by atoms with Crippen LogP contribution in [0.4, 0.5) is 0 Å². The normalized spacial score (nSPS) is 12.4. The molecular formula is C24H30OS. The van der Waals surface area contributed by atoms with E-state index in [0.29, 0.717) is 0 Å². The third-order valence-electron chi connectivity index (χ3n) is 4.64. The molecule has 1 unspecified atom stereocenters. The molecule has 0 saturated carbocycles. The Kier molecular flexibility index (Phi) is 9.27. The topological polar surface area (TPSA) is 17.1 Å². The van der Waals surface area contributed by atoms with Crippen LogP contribution in [0.3, 0.4) is 0 Å². The Morgan fingerprint density at radius 3 is 2.54 bits per heavy atom. The summed E-state index contributed by atoms with van der Waals surface area (Å²) in [5, 5.41) is 0.772. The zero-order valence-electron chi connectivity index (χ0n) is 16.0. The first-order chi connectivity index (χ1) is 12.7. The van der Waals surface area contributed by atoms with Crippen LogP contribution in [0.15, 0.2) is 60.7 Å². The van der Waals surface area contributed by atoms with Crippen molar-refractivity contribution < 1.29 is 4.79 Å². The molecule has 0 aliphatic heterocycles. The zero-order chi connectivity index (χ0) is 18.6. The van der Waals surface area contributed by atoms with Gasteiger partial charge in [0.1, 0.15) is 0 Å². The standard InChI is InChI=1S/C24H30OS/c1-3-4-15-23(26-2)16-9-13-21-12-8-14-22(19-21)24(25)18-17-20-10-6-5-7-11-20/h5-8,10-12,14,17-19,23H,3-4,9,13,15-16H2,1-2H3. The lowest BCUT2D eigenvalue weighted by Gasteiger charge is -2.13. The summed E-state index contributed by atoms with van der Waals surface area (Å²) in [4.78, 5) is 12.4. The van der Waals surface area contributed by atoms with Crippen LogP contribution in [0.2, 0.25) is 0 Å². The highest BCUT2D eigenvalue weighted by Crippen LogP contribution is 2.21. The first-order valence-corrected chi connectivity index (χ1v) is 10.9. The van der Waals surface area contributed by atoms with E-state index in [1.54, 1.807) is 6.08 Å². The fourth-order valence-electron chi connectivity index (χ4n) is 3.06. The summed E-state index contributed by atoms with van der Waals surface area (Å²) in [6.45, 7) is 2.26. The predicted molar refractivity (Wildman–Crippen MR) is 116 cm³/mol. The number of carbonyl (C=O) groups excluding carboxylic acids is 1. The second kappa shape index (κ2) is 11.7. The Bertz CT molecular complexity index is 690. The average molecular weight is 367 g/mol. The van der Waals surface area contributed by atoms with E-state index < -0.39 is 0 Å². The Morgan fingerprint density at radius 2 is 1.81 bits per heavy atom. The highest BCUT2D eigenvalue weighted by atomic mass is 32.2. The summed E-state index contributed by atoms with van der Waals surface area (Å²) in [6, 6.07) is 18.0. The van der Waals surface area contributed by atoms with Crippen LogP contribution in [0.1, 0.15) is 60.5 Å². The van der Waals surface area contributed by atoms with Crippen molar-refractivity contribution in [1.82, 2.24) is 0 Å². The third kappa shape index (κ3) is 7.21. The summed E-state index contributed by atoms with van der Waals surface area (Å²) in [7, 11) is 0. The number of carbonyl (C=O) groups is 1. The van der Waals surface area contributed by atoms with Gasteiger partial charge in [-0.1, -0.05) is 74.4 Å². The van der Waals surface area contributed by atoms with Crippen molar-refractivity contribution in [2.24, 2.45) is 0 Å². The van der Waals surface area contributed by atoms with E-state index in [1.165, 1.54) is 37.7 Å². The van der Waals surface area contributed by atoms with Crippen LogP contribution in [0, 0.1) is 0 Å². The lowest BCUT2D eigenvalue weighted by atomic mass is 10.0. The van der Waals surface area contributed by atoms with Crippen molar-refractivity contribution in [2.75, 3.05) is 6.26 Å². The molecule has 2 rings (SSSR count). The van der Waals surface area contributed by atoms with E-state index in [0.717, 1.165) is 22.8 Å². The molecule has 138 valence electrons. The maximum absolute atomic E-state index is 12.4. The molecule has 0 saturated heterocycles. The largest absolute Gasteiger partial charge is 0.289 e. The minimum atomic E-state index is 0.0700. The number of ketones is 1. The van der Waals surface area contributed by atoms with Crippen LogP contribution in [0.25, 0.3) is 6.08 Å². The maximum Gasteiger partial charge on any atom is 0.185 e. The van der Waals surface area contributed by atoms with Gasteiger partial charge in [-0.15, -0.1) is 0 Å². The van der Waals surface area contributed by atoms with Crippen molar-refractivity contribution in [3.05, 3.63) is 77.4 Å². The molecule has 0 aliphatic rings. The number of rotatable bonds is 11. The number of hydrogen-bond acceptors (Lipinski definition) is 2. The van der Waals surface area contributed by atoms with E-state index in [2.05, 4.69) is 25.3 Å². The molecule has 0 aliphatic carbocycles. The minimum absolute atomic E-state index is 0.0700. The molecule has 1 nitrogen and oxygen atoms in total. The fourth-order valence-corrected chi connectivity index (χ4v) is 3.86. The molecule has 0 fully saturated rings. The lowest BCUT2D eigenvalue weighted by molar-refractivity contribution is 0.104. The Hall–Kier alpha value is -1.80. The van der Waals surface area contributed by atoms with E-state index in [1.807, 2.05) is 60.3 Å². The first kappa shape index (κ1) is 20.5. The Labute approximate surface area is 162 Å². The molecule has 0 spiro atoms. The van der Waals surface area contributed by atoms with Gasteiger partial charge in [-0.2, -0.15) is 11.8 Å². The number of hydrogen-bond donors (Lipinski definition) is 0. The fraction of sp³-hybridized carbons (Fsp3) is 0.375. The molecular weight excluding hydrogens is 336 g/mol. The van der Waals surface area contributed by atoms with Gasteiger partial charge in [-0.05, 0) is 55.2 Å². The van der Waals surface area contributed by atoms with Crippen molar-refractivity contribution in [3.63, 3.8) is 0 Å². The van der Waals surface area contributed by atoms with Gasteiger partial charge in [0, 0.05) is 10.8 Å². The number of benzene rings is 2. The van der Waals surface area contributed by atoms with Crippen LogP contribution in [0.5, 0.6) is 0 Å². The van der Waals surface area contributed by atoms with Gasteiger partial charge in [0.2, 0.25) is 0 Å². The molecule has 26 heavy (non-hydrogen) atoms. The molecule has 2 aromatic carbocycles. The number of allylic oxidation sites excluding steroid dienone is 1. The summed E-state index contributed by atoms with van der Waals surface area (Å²) in [6.07, 6.45) is 13.2.